The third-order valence-electron chi connectivity index (χ3n) is 10.1. The predicted octanol–water partition coefficient (Wildman–Crippen LogP) is 3.95. The molecule has 0 heterocycles. The van der Waals surface area contributed by atoms with Gasteiger partial charge in [0.15, 0.2) is 0 Å². The summed E-state index contributed by atoms with van der Waals surface area (Å²) in [6, 6.07) is 0. The van der Waals surface area contributed by atoms with Crippen molar-refractivity contribution >= 4 is 11.8 Å². The number of nitrogens with zero attached hydrogens (tertiary/aromatic N) is 2. The molecular formula is C41H86Br2N4O2. The van der Waals surface area contributed by atoms with E-state index in [1.165, 1.54) is 135 Å². The number of amides is 2. The normalized spacial score (nSPS) is 11.6. The molecule has 0 aromatic heterocycles. The molecule has 0 atom stereocenters. The molecule has 0 rings (SSSR count). The van der Waals surface area contributed by atoms with E-state index in [1.807, 2.05) is 0 Å². The summed E-state index contributed by atoms with van der Waals surface area (Å²) >= 11 is 0. The summed E-state index contributed by atoms with van der Waals surface area (Å²) in [6.07, 6.45) is 33.6. The molecule has 0 spiro atoms. The Morgan fingerprint density at radius 2 is 0.612 bits per heavy atom. The van der Waals surface area contributed by atoms with E-state index >= 15 is 0 Å². The zero-order valence-electron chi connectivity index (χ0n) is 33.8. The number of nitrogens with one attached hydrogen (secondary N) is 2. The van der Waals surface area contributed by atoms with Gasteiger partial charge < -0.3 is 53.6 Å². The Morgan fingerprint density at radius 1 is 0.367 bits per heavy atom. The molecule has 2 amide bonds. The fourth-order valence-electron chi connectivity index (χ4n) is 6.70. The van der Waals surface area contributed by atoms with Crippen molar-refractivity contribution in [1.29, 1.82) is 0 Å². The van der Waals surface area contributed by atoms with Crippen LogP contribution in [0.2, 0.25) is 0 Å². The van der Waals surface area contributed by atoms with E-state index in [-0.39, 0.29) is 45.8 Å². The lowest BCUT2D eigenvalue weighted by Gasteiger charge is -2.33. The van der Waals surface area contributed by atoms with E-state index in [1.54, 1.807) is 0 Å². The van der Waals surface area contributed by atoms with Crippen LogP contribution in [0, 0.1) is 0 Å². The van der Waals surface area contributed by atoms with E-state index in [9.17, 15) is 9.59 Å². The third kappa shape index (κ3) is 40.4. The molecule has 0 aromatic rings. The first-order chi connectivity index (χ1) is 22.6. The van der Waals surface area contributed by atoms with E-state index < -0.39 is 0 Å². The Bertz CT molecular complexity index is 664. The van der Waals surface area contributed by atoms with Crippen molar-refractivity contribution in [3.63, 3.8) is 0 Å². The molecule has 0 fully saturated rings. The van der Waals surface area contributed by atoms with Crippen molar-refractivity contribution in [3.8, 4) is 0 Å². The molecule has 0 aliphatic carbocycles. The Morgan fingerprint density at radius 3 is 0.898 bits per heavy atom. The number of carbonyl (C=O) groups is 2. The third-order valence-corrected chi connectivity index (χ3v) is 10.1. The summed E-state index contributed by atoms with van der Waals surface area (Å²) in [5, 5.41) is 6.31. The van der Waals surface area contributed by atoms with Crippen LogP contribution >= 0.6 is 0 Å². The van der Waals surface area contributed by atoms with Crippen LogP contribution in [0.15, 0.2) is 0 Å². The second-order valence-corrected chi connectivity index (χ2v) is 16.1. The highest BCUT2D eigenvalue weighted by molar-refractivity contribution is 5.76. The van der Waals surface area contributed by atoms with Crippen molar-refractivity contribution in [2.75, 3.05) is 67.5 Å². The van der Waals surface area contributed by atoms with Crippen LogP contribution in [0.5, 0.6) is 0 Å². The van der Waals surface area contributed by atoms with Crippen LogP contribution in [0.1, 0.15) is 187 Å². The first-order valence-corrected chi connectivity index (χ1v) is 20.8. The molecule has 0 unspecified atom stereocenters. The topological polar surface area (TPSA) is 58.2 Å². The smallest absolute Gasteiger partial charge is 0.219 e. The van der Waals surface area contributed by atoms with Crippen LogP contribution in [-0.4, -0.2) is 88.2 Å². The maximum absolute atomic E-state index is 12.2. The zero-order chi connectivity index (χ0) is 34.9. The van der Waals surface area contributed by atoms with Gasteiger partial charge in [-0.25, -0.2) is 0 Å². The van der Waals surface area contributed by atoms with Gasteiger partial charge in [-0.1, -0.05) is 142 Å². The van der Waals surface area contributed by atoms with Gasteiger partial charge in [0.25, 0.3) is 0 Å². The van der Waals surface area contributed by atoms with Gasteiger partial charge in [-0.2, -0.15) is 0 Å². The van der Waals surface area contributed by atoms with Crippen molar-refractivity contribution in [1.82, 2.24) is 10.6 Å². The van der Waals surface area contributed by atoms with Crippen LogP contribution in [0.25, 0.3) is 0 Å². The molecule has 0 aromatic carbocycles. The maximum Gasteiger partial charge on any atom is 0.219 e. The molecule has 0 aliphatic heterocycles. The number of rotatable bonds is 36. The van der Waals surface area contributed by atoms with E-state index in [4.69, 9.17) is 0 Å². The number of quaternary nitrogens is 2. The number of carbonyl (C=O) groups excluding carboxylic acids is 2. The first-order valence-electron chi connectivity index (χ1n) is 20.8. The van der Waals surface area contributed by atoms with Gasteiger partial charge in [0, 0.05) is 45.2 Å². The van der Waals surface area contributed by atoms with Gasteiger partial charge in [0.2, 0.25) is 11.8 Å². The fourth-order valence-corrected chi connectivity index (χ4v) is 6.70. The number of unbranched alkanes of at least 4 members (excludes halogenated alkanes) is 20. The predicted molar refractivity (Wildman–Crippen MR) is 206 cm³/mol. The summed E-state index contributed by atoms with van der Waals surface area (Å²) in [5.41, 5.74) is 0. The highest BCUT2D eigenvalue weighted by atomic mass is 79.9. The minimum Gasteiger partial charge on any atom is -1.00 e. The second-order valence-electron chi connectivity index (χ2n) is 16.1. The molecule has 0 saturated carbocycles. The van der Waals surface area contributed by atoms with E-state index in [2.05, 4.69) is 52.7 Å². The van der Waals surface area contributed by atoms with Gasteiger partial charge in [-0.15, -0.1) is 0 Å². The molecule has 0 radical (unpaired) electrons. The Kier molecular flexibility index (Phi) is 40.8. The molecular weight excluding hydrogens is 740 g/mol. The van der Waals surface area contributed by atoms with E-state index in [0.717, 1.165) is 73.9 Å². The summed E-state index contributed by atoms with van der Waals surface area (Å²) in [7, 11) is 9.27. The second kappa shape index (κ2) is 37.6. The van der Waals surface area contributed by atoms with Crippen LogP contribution in [-0.2, 0) is 9.59 Å². The Balaban J connectivity index is -0.0000106. The summed E-state index contributed by atoms with van der Waals surface area (Å²) in [6.45, 7) is 10.6. The molecule has 49 heavy (non-hydrogen) atoms. The monoisotopic (exact) mass is 825 g/mol. The van der Waals surface area contributed by atoms with Gasteiger partial charge in [-0.05, 0) is 12.8 Å². The molecule has 0 saturated heterocycles. The van der Waals surface area contributed by atoms with Crippen molar-refractivity contribution in [2.45, 2.75) is 187 Å². The van der Waals surface area contributed by atoms with Gasteiger partial charge in [-0.3, -0.25) is 9.59 Å². The van der Waals surface area contributed by atoms with E-state index in [0.29, 0.717) is 12.8 Å². The Hall–Kier alpha value is -0.180. The van der Waals surface area contributed by atoms with Crippen molar-refractivity contribution < 1.29 is 52.5 Å². The summed E-state index contributed by atoms with van der Waals surface area (Å²) in [4.78, 5) is 24.5. The molecule has 296 valence electrons. The summed E-state index contributed by atoms with van der Waals surface area (Å²) < 4.78 is 2.01. The zero-order valence-corrected chi connectivity index (χ0v) is 37.0. The lowest BCUT2D eigenvalue weighted by Crippen LogP contribution is -3.00. The van der Waals surface area contributed by atoms with Crippen LogP contribution in [0.4, 0.5) is 0 Å². The number of hydrogen-bond acceptors (Lipinski definition) is 2. The van der Waals surface area contributed by atoms with Gasteiger partial charge in [0.05, 0.1) is 54.4 Å². The fraction of sp³-hybridized carbons (Fsp3) is 0.951. The quantitative estimate of drug-likeness (QED) is 0.0744. The number of halogens is 2. The standard InChI is InChI=1S/C41H84N4O2.2BrH/c1-7-9-11-13-15-17-19-21-23-25-27-32-40(46)42-34-29-36-44(3,4)38-31-39-45(5,6)37-30-35-43-41(47)33-28-26-24-22-20-18-16-14-12-10-8-2;;/h7-39H2,1-6H3;2*1H. The average Bonchev–Trinajstić information content (AvgIpc) is 3.02. The molecule has 6 nitrogen and oxygen atoms in total. The van der Waals surface area contributed by atoms with Crippen LogP contribution < -0.4 is 44.6 Å². The molecule has 8 heteroatoms. The molecule has 2 N–H and O–H groups in total. The highest BCUT2D eigenvalue weighted by Gasteiger charge is 2.19. The number of hydrogen-bond donors (Lipinski definition) is 2. The van der Waals surface area contributed by atoms with Crippen LogP contribution in [0.3, 0.4) is 0 Å². The van der Waals surface area contributed by atoms with Gasteiger partial charge in [0.1, 0.15) is 0 Å². The lowest BCUT2D eigenvalue weighted by atomic mass is 10.1. The molecule has 0 bridgehead atoms. The summed E-state index contributed by atoms with van der Waals surface area (Å²) in [5.74, 6) is 0.464. The minimum atomic E-state index is 0. The Labute approximate surface area is 328 Å². The largest absolute Gasteiger partial charge is 1.00 e. The van der Waals surface area contributed by atoms with Gasteiger partial charge >= 0.3 is 0 Å². The maximum atomic E-state index is 12.2. The SMILES string of the molecule is CCCCCCCCCCCCCC(=O)NCCC[N+](C)(C)CCC[N+](C)(C)CCCNC(=O)CCCCCCCCCCCCC.[Br-].[Br-]. The van der Waals surface area contributed by atoms with Crippen molar-refractivity contribution in [3.05, 3.63) is 0 Å². The highest BCUT2D eigenvalue weighted by Crippen LogP contribution is 2.13. The van der Waals surface area contributed by atoms with Crippen molar-refractivity contribution in [2.24, 2.45) is 0 Å². The first kappa shape index (κ1) is 53.2. The molecule has 0 aliphatic rings. The lowest BCUT2D eigenvalue weighted by molar-refractivity contribution is -0.909. The average molecular weight is 827 g/mol. The minimum absolute atomic E-state index is 0.